The minimum atomic E-state index is 0.281. The number of allylic oxidation sites excluding steroid dienone is 1. The summed E-state index contributed by atoms with van der Waals surface area (Å²) in [5.74, 6) is 0. The molecule has 1 saturated heterocycles. The van der Waals surface area contributed by atoms with Crippen molar-refractivity contribution in [3.8, 4) is 0 Å². The van der Waals surface area contributed by atoms with Gasteiger partial charge in [-0.3, -0.25) is 0 Å². The standard InChI is InChI=1S/C15H20O2/c1-13(14-7-3-2-4-8-14)11-16-12-15-9-5-6-10-17-15/h2-4,7-8,11,15H,5-6,9-10,12H2,1H3/b13-11-. The van der Waals surface area contributed by atoms with Crippen molar-refractivity contribution in [3.05, 3.63) is 42.2 Å². The lowest BCUT2D eigenvalue weighted by atomic mass is 10.1. The first-order valence-electron chi connectivity index (χ1n) is 6.31. The van der Waals surface area contributed by atoms with Crippen LogP contribution in [-0.2, 0) is 9.47 Å². The van der Waals surface area contributed by atoms with Gasteiger partial charge in [0, 0.05) is 6.61 Å². The molecule has 1 atom stereocenters. The molecular weight excluding hydrogens is 212 g/mol. The zero-order chi connectivity index (χ0) is 11.9. The van der Waals surface area contributed by atoms with Gasteiger partial charge >= 0.3 is 0 Å². The Morgan fingerprint density at radius 3 is 2.88 bits per heavy atom. The fourth-order valence-electron chi connectivity index (χ4n) is 1.99. The van der Waals surface area contributed by atoms with Crippen molar-refractivity contribution in [3.63, 3.8) is 0 Å². The maximum atomic E-state index is 5.61. The van der Waals surface area contributed by atoms with Gasteiger partial charge in [0.05, 0.1) is 12.4 Å². The minimum absolute atomic E-state index is 0.281. The lowest BCUT2D eigenvalue weighted by molar-refractivity contribution is -0.0207. The van der Waals surface area contributed by atoms with E-state index in [2.05, 4.69) is 19.1 Å². The summed E-state index contributed by atoms with van der Waals surface area (Å²) in [5.41, 5.74) is 2.36. The smallest absolute Gasteiger partial charge is 0.113 e. The highest BCUT2D eigenvalue weighted by Gasteiger charge is 2.13. The molecule has 2 heteroatoms. The van der Waals surface area contributed by atoms with E-state index in [1.807, 2.05) is 24.5 Å². The topological polar surface area (TPSA) is 18.5 Å². The fraction of sp³-hybridized carbons (Fsp3) is 0.467. The summed E-state index contributed by atoms with van der Waals surface area (Å²) in [4.78, 5) is 0. The lowest BCUT2D eigenvalue weighted by Crippen LogP contribution is -2.23. The quantitative estimate of drug-likeness (QED) is 0.738. The van der Waals surface area contributed by atoms with Crippen LogP contribution in [-0.4, -0.2) is 19.3 Å². The van der Waals surface area contributed by atoms with Crippen molar-refractivity contribution in [2.75, 3.05) is 13.2 Å². The van der Waals surface area contributed by atoms with Gasteiger partial charge in [0.1, 0.15) is 6.61 Å². The first kappa shape index (κ1) is 12.2. The normalized spacial score (nSPS) is 21.2. The molecule has 2 rings (SSSR count). The molecule has 0 spiro atoms. The van der Waals surface area contributed by atoms with Gasteiger partial charge in [-0.05, 0) is 37.3 Å². The lowest BCUT2D eigenvalue weighted by Gasteiger charge is -2.21. The van der Waals surface area contributed by atoms with Crippen LogP contribution in [0.3, 0.4) is 0 Å². The predicted molar refractivity (Wildman–Crippen MR) is 69.6 cm³/mol. The molecule has 0 radical (unpaired) electrons. The molecule has 2 nitrogen and oxygen atoms in total. The number of hydrogen-bond donors (Lipinski definition) is 0. The summed E-state index contributed by atoms with van der Waals surface area (Å²) < 4.78 is 11.2. The highest BCUT2D eigenvalue weighted by atomic mass is 16.5. The molecule has 92 valence electrons. The third-order valence-corrected chi connectivity index (χ3v) is 3.05. The Labute approximate surface area is 103 Å². The molecular formula is C15H20O2. The van der Waals surface area contributed by atoms with Gasteiger partial charge in [-0.2, -0.15) is 0 Å². The summed E-state index contributed by atoms with van der Waals surface area (Å²) in [6.07, 6.45) is 5.69. The van der Waals surface area contributed by atoms with E-state index in [1.54, 1.807) is 0 Å². The molecule has 0 bridgehead atoms. The van der Waals surface area contributed by atoms with Crippen molar-refractivity contribution in [1.82, 2.24) is 0 Å². The van der Waals surface area contributed by atoms with Gasteiger partial charge in [0.15, 0.2) is 0 Å². The van der Waals surface area contributed by atoms with Crippen LogP contribution in [0.15, 0.2) is 36.6 Å². The van der Waals surface area contributed by atoms with Gasteiger partial charge in [0.2, 0.25) is 0 Å². The van der Waals surface area contributed by atoms with E-state index >= 15 is 0 Å². The Balaban J connectivity index is 1.80. The maximum Gasteiger partial charge on any atom is 0.113 e. The summed E-state index contributed by atoms with van der Waals surface area (Å²) >= 11 is 0. The van der Waals surface area contributed by atoms with Gasteiger partial charge in [-0.15, -0.1) is 0 Å². The van der Waals surface area contributed by atoms with Crippen LogP contribution < -0.4 is 0 Å². The minimum Gasteiger partial charge on any atom is -0.498 e. The molecule has 0 amide bonds. The highest BCUT2D eigenvalue weighted by molar-refractivity contribution is 5.62. The van der Waals surface area contributed by atoms with Crippen molar-refractivity contribution in [2.24, 2.45) is 0 Å². The Kier molecular flexibility index (Phi) is 4.63. The van der Waals surface area contributed by atoms with E-state index in [-0.39, 0.29) is 6.10 Å². The van der Waals surface area contributed by atoms with E-state index in [0.717, 1.165) is 18.6 Å². The predicted octanol–water partition coefficient (Wildman–Crippen LogP) is 3.63. The molecule has 1 aliphatic rings. The average Bonchev–Trinajstić information content (AvgIpc) is 2.41. The van der Waals surface area contributed by atoms with E-state index in [9.17, 15) is 0 Å². The zero-order valence-corrected chi connectivity index (χ0v) is 10.4. The highest BCUT2D eigenvalue weighted by Crippen LogP contribution is 2.15. The third kappa shape index (κ3) is 3.90. The number of ether oxygens (including phenoxy) is 2. The van der Waals surface area contributed by atoms with Crippen LogP contribution >= 0.6 is 0 Å². The van der Waals surface area contributed by atoms with E-state index in [4.69, 9.17) is 9.47 Å². The van der Waals surface area contributed by atoms with E-state index < -0.39 is 0 Å². The monoisotopic (exact) mass is 232 g/mol. The number of rotatable bonds is 4. The van der Waals surface area contributed by atoms with Crippen LogP contribution in [0.25, 0.3) is 5.57 Å². The van der Waals surface area contributed by atoms with E-state index in [0.29, 0.717) is 6.61 Å². The molecule has 0 aliphatic carbocycles. The Morgan fingerprint density at radius 2 is 2.18 bits per heavy atom. The molecule has 0 aromatic heterocycles. The molecule has 0 saturated carbocycles. The first-order chi connectivity index (χ1) is 8.36. The van der Waals surface area contributed by atoms with Crippen molar-refractivity contribution >= 4 is 5.57 Å². The van der Waals surface area contributed by atoms with Crippen molar-refractivity contribution in [2.45, 2.75) is 32.3 Å². The number of benzene rings is 1. The van der Waals surface area contributed by atoms with Crippen LogP contribution in [0.4, 0.5) is 0 Å². The Hall–Kier alpha value is -1.28. The molecule has 0 N–H and O–H groups in total. The average molecular weight is 232 g/mol. The SMILES string of the molecule is C/C(=C/OCC1CCCCO1)c1ccccc1. The second-order valence-corrected chi connectivity index (χ2v) is 4.49. The summed E-state index contributed by atoms with van der Waals surface area (Å²) in [7, 11) is 0. The van der Waals surface area contributed by atoms with E-state index in [1.165, 1.54) is 18.4 Å². The number of hydrogen-bond acceptors (Lipinski definition) is 2. The molecule has 17 heavy (non-hydrogen) atoms. The Bertz CT molecular complexity index is 350. The van der Waals surface area contributed by atoms with Crippen molar-refractivity contribution in [1.29, 1.82) is 0 Å². The van der Waals surface area contributed by atoms with Crippen molar-refractivity contribution < 1.29 is 9.47 Å². The zero-order valence-electron chi connectivity index (χ0n) is 10.4. The Morgan fingerprint density at radius 1 is 1.35 bits per heavy atom. The van der Waals surface area contributed by atoms with Gasteiger partial charge < -0.3 is 9.47 Å². The van der Waals surface area contributed by atoms with Gasteiger partial charge in [-0.1, -0.05) is 30.3 Å². The molecule has 1 unspecified atom stereocenters. The second kappa shape index (κ2) is 6.45. The molecule has 1 aliphatic heterocycles. The first-order valence-corrected chi connectivity index (χ1v) is 6.31. The van der Waals surface area contributed by atoms with Crippen LogP contribution in [0.1, 0.15) is 31.7 Å². The molecule has 1 aromatic carbocycles. The summed E-state index contributed by atoms with van der Waals surface area (Å²) in [6.45, 7) is 3.62. The second-order valence-electron chi connectivity index (χ2n) is 4.49. The largest absolute Gasteiger partial charge is 0.498 e. The fourth-order valence-corrected chi connectivity index (χ4v) is 1.99. The molecule has 1 heterocycles. The molecule has 1 aromatic rings. The summed E-state index contributed by atoms with van der Waals surface area (Å²) in [6, 6.07) is 10.3. The van der Waals surface area contributed by atoms with Gasteiger partial charge in [-0.25, -0.2) is 0 Å². The van der Waals surface area contributed by atoms with Gasteiger partial charge in [0.25, 0.3) is 0 Å². The third-order valence-electron chi connectivity index (χ3n) is 3.05. The van der Waals surface area contributed by atoms with Crippen LogP contribution in [0.5, 0.6) is 0 Å². The molecule has 1 fully saturated rings. The van der Waals surface area contributed by atoms with Crippen LogP contribution in [0, 0.1) is 0 Å². The summed E-state index contributed by atoms with van der Waals surface area (Å²) in [5, 5.41) is 0. The maximum absolute atomic E-state index is 5.61. The van der Waals surface area contributed by atoms with Crippen LogP contribution in [0.2, 0.25) is 0 Å².